The molecule has 0 aliphatic heterocycles. The van der Waals surface area contributed by atoms with Gasteiger partial charge in [-0.15, -0.1) is 0 Å². The fourth-order valence-electron chi connectivity index (χ4n) is 1.99. The standard InChI is InChI=1S/C13H24O/c1-6-8-9-10(3)11(4)13(7-2)12(5)14/h6,8,10-11,13H,7,9H2,1-5H3/b8-6-/t10-,11?,13+/m1/s1. The highest BCUT2D eigenvalue weighted by molar-refractivity contribution is 5.78. The lowest BCUT2D eigenvalue weighted by Crippen LogP contribution is -2.24. The Labute approximate surface area is 88.6 Å². The number of Topliss-reactive ketones (excluding diaryl/α,β-unsaturated/α-hetero) is 1. The zero-order chi connectivity index (χ0) is 11.1. The molecule has 0 spiro atoms. The molecule has 14 heavy (non-hydrogen) atoms. The third-order valence-electron chi connectivity index (χ3n) is 3.24. The van der Waals surface area contributed by atoms with Crippen molar-refractivity contribution >= 4 is 5.78 Å². The summed E-state index contributed by atoms with van der Waals surface area (Å²) in [6.45, 7) is 10.3. The lowest BCUT2D eigenvalue weighted by molar-refractivity contribution is -0.122. The van der Waals surface area contributed by atoms with Gasteiger partial charge in [0.25, 0.3) is 0 Å². The molecule has 1 unspecified atom stereocenters. The first-order valence-electron chi connectivity index (χ1n) is 5.66. The number of carbonyl (C=O) groups is 1. The first-order valence-corrected chi connectivity index (χ1v) is 5.66. The van der Waals surface area contributed by atoms with Crippen LogP contribution in [-0.4, -0.2) is 5.78 Å². The van der Waals surface area contributed by atoms with Crippen molar-refractivity contribution in [2.75, 3.05) is 0 Å². The summed E-state index contributed by atoms with van der Waals surface area (Å²) < 4.78 is 0. The Morgan fingerprint density at radius 3 is 2.29 bits per heavy atom. The molecule has 0 aliphatic carbocycles. The van der Waals surface area contributed by atoms with Gasteiger partial charge in [0.1, 0.15) is 5.78 Å². The smallest absolute Gasteiger partial charge is 0.133 e. The molecule has 0 fully saturated rings. The van der Waals surface area contributed by atoms with Crippen LogP contribution in [0.4, 0.5) is 0 Å². The second kappa shape index (κ2) is 6.80. The number of hydrogen-bond donors (Lipinski definition) is 0. The lowest BCUT2D eigenvalue weighted by Gasteiger charge is -2.25. The Morgan fingerprint density at radius 1 is 1.36 bits per heavy atom. The van der Waals surface area contributed by atoms with Gasteiger partial charge in [-0.1, -0.05) is 32.9 Å². The van der Waals surface area contributed by atoms with Gasteiger partial charge < -0.3 is 0 Å². The van der Waals surface area contributed by atoms with Gasteiger partial charge in [0.15, 0.2) is 0 Å². The van der Waals surface area contributed by atoms with Crippen molar-refractivity contribution in [3.05, 3.63) is 12.2 Å². The fraction of sp³-hybridized carbons (Fsp3) is 0.769. The van der Waals surface area contributed by atoms with E-state index in [0.717, 1.165) is 12.8 Å². The molecule has 0 saturated heterocycles. The minimum Gasteiger partial charge on any atom is -0.300 e. The normalized spacial score (nSPS) is 18.1. The SMILES string of the molecule is C/C=C\C[C@@H](C)C(C)[C@H](CC)C(C)=O. The van der Waals surface area contributed by atoms with Crippen molar-refractivity contribution in [1.29, 1.82) is 0 Å². The number of hydrogen-bond acceptors (Lipinski definition) is 1. The van der Waals surface area contributed by atoms with E-state index in [1.807, 2.05) is 6.92 Å². The maximum Gasteiger partial charge on any atom is 0.133 e. The molecule has 0 heterocycles. The summed E-state index contributed by atoms with van der Waals surface area (Å²) in [7, 11) is 0. The van der Waals surface area contributed by atoms with Crippen molar-refractivity contribution in [1.82, 2.24) is 0 Å². The van der Waals surface area contributed by atoms with E-state index >= 15 is 0 Å². The van der Waals surface area contributed by atoms with Crippen molar-refractivity contribution in [2.45, 2.75) is 47.5 Å². The predicted octanol–water partition coefficient (Wildman–Crippen LogP) is 3.84. The van der Waals surface area contributed by atoms with Crippen molar-refractivity contribution < 1.29 is 4.79 Å². The van der Waals surface area contributed by atoms with Gasteiger partial charge in [-0.05, 0) is 38.5 Å². The van der Waals surface area contributed by atoms with Crippen LogP contribution in [0, 0.1) is 17.8 Å². The van der Waals surface area contributed by atoms with Crippen LogP contribution in [0.15, 0.2) is 12.2 Å². The maximum absolute atomic E-state index is 11.4. The molecule has 82 valence electrons. The molecule has 0 aromatic carbocycles. The van der Waals surface area contributed by atoms with E-state index in [0.29, 0.717) is 17.6 Å². The number of ketones is 1. The predicted molar refractivity (Wildman–Crippen MR) is 62.2 cm³/mol. The Bertz CT molecular complexity index is 193. The molecule has 0 N–H and O–H groups in total. The summed E-state index contributed by atoms with van der Waals surface area (Å²) in [5.74, 6) is 1.68. The minimum atomic E-state index is 0.246. The van der Waals surface area contributed by atoms with Gasteiger partial charge in [-0.25, -0.2) is 0 Å². The molecule has 0 radical (unpaired) electrons. The molecule has 1 heteroatoms. The topological polar surface area (TPSA) is 17.1 Å². The molecule has 3 atom stereocenters. The van der Waals surface area contributed by atoms with Gasteiger partial charge >= 0.3 is 0 Å². The van der Waals surface area contributed by atoms with E-state index in [4.69, 9.17) is 0 Å². The highest BCUT2D eigenvalue weighted by Gasteiger charge is 2.23. The number of carbonyl (C=O) groups excluding carboxylic acids is 1. The highest BCUT2D eigenvalue weighted by Crippen LogP contribution is 2.26. The molecule has 0 amide bonds. The number of allylic oxidation sites excluding steroid dienone is 2. The lowest BCUT2D eigenvalue weighted by atomic mass is 9.79. The zero-order valence-electron chi connectivity index (χ0n) is 10.2. The molecule has 0 aromatic heterocycles. The molecule has 0 aliphatic rings. The first kappa shape index (κ1) is 13.4. The molecular formula is C13H24O. The van der Waals surface area contributed by atoms with Crippen molar-refractivity contribution in [2.24, 2.45) is 17.8 Å². The molecular weight excluding hydrogens is 172 g/mol. The Hall–Kier alpha value is -0.590. The summed E-state index contributed by atoms with van der Waals surface area (Å²) in [6.07, 6.45) is 6.32. The second-order valence-corrected chi connectivity index (χ2v) is 4.27. The molecule has 1 nitrogen and oxygen atoms in total. The van der Waals surface area contributed by atoms with E-state index in [1.54, 1.807) is 6.92 Å². The van der Waals surface area contributed by atoms with E-state index in [2.05, 4.69) is 32.9 Å². The third kappa shape index (κ3) is 4.08. The summed E-state index contributed by atoms with van der Waals surface area (Å²) in [6, 6.07) is 0. The van der Waals surface area contributed by atoms with Crippen LogP contribution in [0.2, 0.25) is 0 Å². The molecule has 0 rings (SSSR count). The Morgan fingerprint density at radius 2 is 1.93 bits per heavy atom. The Kier molecular flexibility index (Phi) is 6.52. The van der Waals surface area contributed by atoms with E-state index in [9.17, 15) is 4.79 Å². The third-order valence-corrected chi connectivity index (χ3v) is 3.24. The van der Waals surface area contributed by atoms with Gasteiger partial charge in [0.05, 0.1) is 0 Å². The minimum absolute atomic E-state index is 0.246. The van der Waals surface area contributed by atoms with E-state index in [1.165, 1.54) is 0 Å². The molecule has 0 bridgehead atoms. The van der Waals surface area contributed by atoms with Crippen LogP contribution in [0.1, 0.15) is 47.5 Å². The van der Waals surface area contributed by atoms with Crippen LogP contribution in [0.5, 0.6) is 0 Å². The van der Waals surface area contributed by atoms with Crippen molar-refractivity contribution in [3.63, 3.8) is 0 Å². The van der Waals surface area contributed by atoms with Gasteiger partial charge in [-0.3, -0.25) is 4.79 Å². The summed E-state index contributed by atoms with van der Waals surface area (Å²) in [4.78, 5) is 11.4. The number of rotatable bonds is 6. The van der Waals surface area contributed by atoms with Gasteiger partial charge in [-0.2, -0.15) is 0 Å². The van der Waals surface area contributed by atoms with Crippen LogP contribution in [0.3, 0.4) is 0 Å². The summed E-state index contributed by atoms with van der Waals surface area (Å²) >= 11 is 0. The zero-order valence-corrected chi connectivity index (χ0v) is 10.2. The average Bonchev–Trinajstić information content (AvgIpc) is 2.14. The van der Waals surface area contributed by atoms with E-state index < -0.39 is 0 Å². The molecule has 0 saturated carbocycles. The molecule has 0 aromatic rings. The fourth-order valence-corrected chi connectivity index (χ4v) is 1.99. The Balaban J connectivity index is 4.26. The quantitative estimate of drug-likeness (QED) is 0.590. The highest BCUT2D eigenvalue weighted by atomic mass is 16.1. The van der Waals surface area contributed by atoms with Crippen LogP contribution < -0.4 is 0 Å². The van der Waals surface area contributed by atoms with Crippen LogP contribution in [-0.2, 0) is 4.79 Å². The van der Waals surface area contributed by atoms with E-state index in [-0.39, 0.29) is 5.92 Å². The second-order valence-electron chi connectivity index (χ2n) is 4.27. The largest absolute Gasteiger partial charge is 0.300 e. The monoisotopic (exact) mass is 196 g/mol. The van der Waals surface area contributed by atoms with Gasteiger partial charge in [0.2, 0.25) is 0 Å². The summed E-state index contributed by atoms with van der Waals surface area (Å²) in [5.41, 5.74) is 0. The van der Waals surface area contributed by atoms with Crippen molar-refractivity contribution in [3.8, 4) is 0 Å². The van der Waals surface area contributed by atoms with Crippen LogP contribution in [0.25, 0.3) is 0 Å². The average molecular weight is 196 g/mol. The maximum atomic E-state index is 11.4. The summed E-state index contributed by atoms with van der Waals surface area (Å²) in [5, 5.41) is 0. The van der Waals surface area contributed by atoms with Gasteiger partial charge in [0, 0.05) is 5.92 Å². The first-order chi connectivity index (χ1) is 6.54. The van der Waals surface area contributed by atoms with Crippen LogP contribution >= 0.6 is 0 Å².